The van der Waals surface area contributed by atoms with Gasteiger partial charge in [0.05, 0.1) is 29.1 Å². The lowest BCUT2D eigenvalue weighted by atomic mass is 9.82. The van der Waals surface area contributed by atoms with Gasteiger partial charge in [-0.05, 0) is 51.5 Å². The minimum atomic E-state index is -0.241. The number of aromatic nitrogens is 3. The van der Waals surface area contributed by atoms with Crippen LogP contribution in [-0.4, -0.2) is 39.6 Å². The van der Waals surface area contributed by atoms with E-state index in [4.69, 9.17) is 14.6 Å². The van der Waals surface area contributed by atoms with Gasteiger partial charge < -0.3 is 10.1 Å². The third-order valence-electron chi connectivity index (χ3n) is 7.09. The Morgan fingerprint density at radius 1 is 1.20 bits per heavy atom. The van der Waals surface area contributed by atoms with E-state index in [2.05, 4.69) is 28.9 Å². The molecule has 7 heteroatoms. The van der Waals surface area contributed by atoms with Gasteiger partial charge in [0.2, 0.25) is 0 Å². The Hall–Kier alpha value is -2.12. The molecule has 0 bridgehead atoms. The predicted octanol–water partition coefficient (Wildman–Crippen LogP) is 4.40. The Morgan fingerprint density at radius 2 is 2.00 bits per heavy atom. The van der Waals surface area contributed by atoms with Crippen molar-refractivity contribution in [2.75, 3.05) is 12.4 Å². The van der Waals surface area contributed by atoms with Crippen molar-refractivity contribution in [1.82, 2.24) is 20.2 Å². The maximum atomic E-state index is 6.15. The van der Waals surface area contributed by atoms with Crippen molar-refractivity contribution in [3.63, 3.8) is 0 Å². The average molecular weight is 412 g/mol. The van der Waals surface area contributed by atoms with Crippen molar-refractivity contribution in [2.45, 2.75) is 89.0 Å². The highest BCUT2D eigenvalue weighted by Gasteiger charge is 2.40. The summed E-state index contributed by atoms with van der Waals surface area (Å²) in [7, 11) is 1.80. The van der Waals surface area contributed by atoms with Crippen molar-refractivity contribution < 1.29 is 9.57 Å². The second-order valence-electron chi connectivity index (χ2n) is 8.99. The molecule has 0 saturated heterocycles. The molecular weight excluding hydrogens is 378 g/mol. The summed E-state index contributed by atoms with van der Waals surface area (Å²) in [5.74, 6) is 0. The van der Waals surface area contributed by atoms with E-state index >= 15 is 0 Å². The molecule has 0 radical (unpaired) electrons. The first kappa shape index (κ1) is 19.8. The van der Waals surface area contributed by atoms with Gasteiger partial charge in [0.1, 0.15) is 5.60 Å². The van der Waals surface area contributed by atoms with Gasteiger partial charge >= 0.3 is 0 Å². The standard InChI is InChI=1S/C23H33N5O2/c1-3-28-22-19(15-25-28)21(26-16-7-5-4-6-8-16)18(14-24-22)20-13-23(30-27-20)11-9-17(29-2)10-12-23/h13-17,27H,3-12H2,1-2H3,(H,24,26). The Balaban J connectivity index is 1.50. The largest absolute Gasteiger partial charge is 0.381 e. The topological polar surface area (TPSA) is 73.2 Å². The number of pyridine rings is 1. The summed E-state index contributed by atoms with van der Waals surface area (Å²) >= 11 is 0. The van der Waals surface area contributed by atoms with Crippen LogP contribution in [-0.2, 0) is 16.1 Å². The van der Waals surface area contributed by atoms with Crippen LogP contribution in [0.4, 0.5) is 5.69 Å². The number of aryl methyl sites for hydroxylation is 1. The lowest BCUT2D eigenvalue weighted by molar-refractivity contribution is -0.0800. The summed E-state index contributed by atoms with van der Waals surface area (Å²) in [5.41, 5.74) is 7.17. The molecule has 30 heavy (non-hydrogen) atoms. The van der Waals surface area contributed by atoms with Crippen LogP contribution in [0.1, 0.15) is 70.3 Å². The minimum absolute atomic E-state index is 0.241. The molecule has 2 aromatic rings. The molecule has 0 unspecified atom stereocenters. The van der Waals surface area contributed by atoms with Crippen molar-refractivity contribution >= 4 is 22.4 Å². The van der Waals surface area contributed by atoms with Gasteiger partial charge in [-0.3, -0.25) is 10.3 Å². The van der Waals surface area contributed by atoms with Gasteiger partial charge in [-0.25, -0.2) is 9.67 Å². The van der Waals surface area contributed by atoms with Gasteiger partial charge in [0.15, 0.2) is 5.65 Å². The number of nitrogens with zero attached hydrogens (tertiary/aromatic N) is 3. The average Bonchev–Trinajstić information content (AvgIpc) is 3.40. The fourth-order valence-corrected chi connectivity index (χ4v) is 5.24. The second kappa shape index (κ2) is 8.19. The minimum Gasteiger partial charge on any atom is -0.381 e. The first-order chi connectivity index (χ1) is 14.7. The van der Waals surface area contributed by atoms with Crippen molar-refractivity contribution in [3.8, 4) is 0 Å². The second-order valence-corrected chi connectivity index (χ2v) is 8.99. The first-order valence-corrected chi connectivity index (χ1v) is 11.5. The third-order valence-corrected chi connectivity index (χ3v) is 7.09. The number of methoxy groups -OCH3 is 1. The van der Waals surface area contributed by atoms with Gasteiger partial charge in [0, 0.05) is 31.5 Å². The molecule has 2 aromatic heterocycles. The van der Waals surface area contributed by atoms with Crippen molar-refractivity contribution in [1.29, 1.82) is 0 Å². The molecule has 1 aliphatic heterocycles. The number of ether oxygens (including phenoxy) is 1. The van der Waals surface area contributed by atoms with Gasteiger partial charge in [-0.2, -0.15) is 5.10 Å². The SMILES string of the molecule is CCn1ncc2c(NC3CCCCC3)c(C3=CC4(CCC(OC)CC4)ON3)cnc21. The van der Waals surface area contributed by atoms with Gasteiger partial charge in [-0.1, -0.05) is 19.3 Å². The number of hydrogen-bond acceptors (Lipinski definition) is 6. The van der Waals surface area contributed by atoms with E-state index in [9.17, 15) is 0 Å². The molecule has 0 aromatic carbocycles. The molecule has 1 spiro atoms. The van der Waals surface area contributed by atoms with Crippen LogP contribution in [0.3, 0.4) is 0 Å². The van der Waals surface area contributed by atoms with Crippen LogP contribution in [0.15, 0.2) is 18.5 Å². The zero-order chi connectivity index (χ0) is 20.6. The van der Waals surface area contributed by atoms with E-state index in [1.54, 1.807) is 7.11 Å². The predicted molar refractivity (Wildman–Crippen MR) is 118 cm³/mol. The first-order valence-electron chi connectivity index (χ1n) is 11.5. The molecule has 5 rings (SSSR count). The molecule has 0 atom stereocenters. The fraction of sp³-hybridized carbons (Fsp3) is 0.652. The smallest absolute Gasteiger partial charge is 0.159 e. The Bertz CT molecular complexity index is 923. The normalized spacial score (nSPS) is 27.4. The highest BCUT2D eigenvalue weighted by Crippen LogP contribution is 2.41. The number of nitrogens with one attached hydrogen (secondary N) is 2. The van der Waals surface area contributed by atoms with Crippen LogP contribution in [0, 0.1) is 0 Å². The van der Waals surface area contributed by atoms with E-state index in [0.717, 1.165) is 60.2 Å². The lowest BCUT2D eigenvalue weighted by Gasteiger charge is -2.33. The van der Waals surface area contributed by atoms with Crippen LogP contribution >= 0.6 is 0 Å². The molecule has 2 saturated carbocycles. The summed E-state index contributed by atoms with van der Waals surface area (Å²) in [5, 5.41) is 9.52. The number of hydrogen-bond donors (Lipinski definition) is 2. The molecule has 0 amide bonds. The molecule has 162 valence electrons. The summed E-state index contributed by atoms with van der Waals surface area (Å²) in [4.78, 5) is 10.9. The Labute approximate surface area is 178 Å². The number of rotatable bonds is 5. The maximum absolute atomic E-state index is 6.15. The van der Waals surface area contributed by atoms with E-state index in [-0.39, 0.29) is 5.60 Å². The molecule has 3 aliphatic rings. The quantitative estimate of drug-likeness (QED) is 0.760. The summed E-state index contributed by atoms with van der Waals surface area (Å²) in [6, 6.07) is 0.502. The Kier molecular flexibility index (Phi) is 5.41. The van der Waals surface area contributed by atoms with E-state index < -0.39 is 0 Å². The van der Waals surface area contributed by atoms with Crippen molar-refractivity contribution in [2.24, 2.45) is 0 Å². The number of anilines is 1. The molecule has 3 heterocycles. The number of hydroxylamine groups is 1. The van der Waals surface area contributed by atoms with Crippen LogP contribution in [0.5, 0.6) is 0 Å². The highest BCUT2D eigenvalue weighted by atomic mass is 16.7. The van der Waals surface area contributed by atoms with Crippen molar-refractivity contribution in [3.05, 3.63) is 24.0 Å². The van der Waals surface area contributed by atoms with Gasteiger partial charge in [-0.15, -0.1) is 0 Å². The lowest BCUT2D eigenvalue weighted by Crippen LogP contribution is -2.36. The monoisotopic (exact) mass is 411 g/mol. The summed E-state index contributed by atoms with van der Waals surface area (Å²) < 4.78 is 7.51. The maximum Gasteiger partial charge on any atom is 0.159 e. The molecule has 7 nitrogen and oxygen atoms in total. The Morgan fingerprint density at radius 3 is 2.73 bits per heavy atom. The molecular formula is C23H33N5O2. The zero-order valence-electron chi connectivity index (χ0n) is 18.1. The number of fused-ring (bicyclic) bond motifs is 1. The molecule has 2 aliphatic carbocycles. The summed E-state index contributed by atoms with van der Waals surface area (Å²) in [6.45, 7) is 2.91. The zero-order valence-corrected chi connectivity index (χ0v) is 18.1. The van der Waals surface area contributed by atoms with E-state index in [1.165, 1.54) is 32.1 Å². The van der Waals surface area contributed by atoms with Crippen LogP contribution in [0.25, 0.3) is 16.7 Å². The van der Waals surface area contributed by atoms with E-state index in [1.807, 2.05) is 17.1 Å². The van der Waals surface area contributed by atoms with Crippen LogP contribution < -0.4 is 10.8 Å². The van der Waals surface area contributed by atoms with Crippen LogP contribution in [0.2, 0.25) is 0 Å². The van der Waals surface area contributed by atoms with E-state index in [0.29, 0.717) is 12.1 Å². The molecule has 2 fully saturated rings. The van der Waals surface area contributed by atoms with Gasteiger partial charge in [0.25, 0.3) is 0 Å². The third kappa shape index (κ3) is 3.58. The highest BCUT2D eigenvalue weighted by molar-refractivity contribution is 5.95. The summed E-state index contributed by atoms with van der Waals surface area (Å²) in [6.07, 6.45) is 16.9. The fourth-order valence-electron chi connectivity index (χ4n) is 5.24. The molecule has 2 N–H and O–H groups in total.